The number of hydrogen-bond acceptors (Lipinski definition) is 5. The van der Waals surface area contributed by atoms with Gasteiger partial charge >= 0.3 is 0 Å². The van der Waals surface area contributed by atoms with Crippen LogP contribution in [-0.4, -0.2) is 68.0 Å². The highest BCUT2D eigenvalue weighted by atomic mass is 16.5. The van der Waals surface area contributed by atoms with Crippen molar-refractivity contribution < 1.29 is 14.6 Å². The van der Waals surface area contributed by atoms with Gasteiger partial charge in [-0.3, -0.25) is 4.90 Å². The van der Waals surface area contributed by atoms with Gasteiger partial charge in [0.25, 0.3) is 0 Å². The van der Waals surface area contributed by atoms with Crippen molar-refractivity contribution in [2.45, 2.75) is 31.9 Å². The molecular weight excluding hydrogens is 292 g/mol. The summed E-state index contributed by atoms with van der Waals surface area (Å²) in [6.45, 7) is 5.86. The van der Waals surface area contributed by atoms with Crippen LogP contribution in [-0.2, 0) is 6.54 Å². The van der Waals surface area contributed by atoms with E-state index in [9.17, 15) is 5.11 Å². The van der Waals surface area contributed by atoms with E-state index in [-0.39, 0.29) is 0 Å². The van der Waals surface area contributed by atoms with E-state index in [4.69, 9.17) is 9.47 Å². The van der Waals surface area contributed by atoms with Gasteiger partial charge < -0.3 is 19.5 Å². The Kier molecular flexibility index (Phi) is 6.27. The first kappa shape index (κ1) is 18.0. The average molecular weight is 322 g/mol. The minimum atomic E-state index is -0.594. The largest absolute Gasteiger partial charge is 0.493 e. The number of β-amino-alcohol motifs (C(OH)–C–C–N with tert-alkyl or cyclic N) is 1. The number of rotatable bonds is 7. The first-order valence-electron chi connectivity index (χ1n) is 8.29. The van der Waals surface area contributed by atoms with Crippen LogP contribution in [0.4, 0.5) is 0 Å². The third-order valence-corrected chi connectivity index (χ3v) is 4.21. The van der Waals surface area contributed by atoms with Crippen LogP contribution >= 0.6 is 0 Å². The van der Waals surface area contributed by atoms with Gasteiger partial charge in [-0.1, -0.05) is 12.1 Å². The molecule has 1 saturated heterocycles. The van der Waals surface area contributed by atoms with Crippen molar-refractivity contribution in [3.05, 3.63) is 23.8 Å². The molecule has 0 bridgehead atoms. The maximum absolute atomic E-state index is 10.3. The molecule has 23 heavy (non-hydrogen) atoms. The molecule has 0 aliphatic carbocycles. The Morgan fingerprint density at radius 3 is 2.78 bits per heavy atom. The lowest BCUT2D eigenvalue weighted by atomic mass is 9.95. The Balaban J connectivity index is 2.10. The summed E-state index contributed by atoms with van der Waals surface area (Å²) in [6.07, 6.45) is 1.89. The summed E-state index contributed by atoms with van der Waals surface area (Å²) < 4.78 is 11.5. The predicted octanol–water partition coefficient (Wildman–Crippen LogP) is 1.98. The van der Waals surface area contributed by atoms with Crippen molar-refractivity contribution in [1.82, 2.24) is 9.80 Å². The van der Waals surface area contributed by atoms with Crippen LogP contribution in [0.2, 0.25) is 0 Å². The van der Waals surface area contributed by atoms with Crippen LogP contribution in [0.15, 0.2) is 18.2 Å². The summed E-state index contributed by atoms with van der Waals surface area (Å²) >= 11 is 0. The Morgan fingerprint density at radius 1 is 1.35 bits per heavy atom. The number of piperidine rings is 1. The van der Waals surface area contributed by atoms with Gasteiger partial charge in [0, 0.05) is 25.2 Å². The lowest BCUT2D eigenvalue weighted by Gasteiger charge is -2.37. The molecule has 5 heteroatoms. The van der Waals surface area contributed by atoms with Gasteiger partial charge in [0.1, 0.15) is 6.61 Å². The van der Waals surface area contributed by atoms with Gasteiger partial charge in [-0.05, 0) is 46.5 Å². The van der Waals surface area contributed by atoms with Gasteiger partial charge in [-0.25, -0.2) is 0 Å². The molecule has 0 spiro atoms. The second-order valence-electron chi connectivity index (χ2n) is 6.91. The third kappa shape index (κ3) is 5.37. The van der Waals surface area contributed by atoms with Crippen LogP contribution in [0.25, 0.3) is 0 Å². The number of benzene rings is 1. The maximum atomic E-state index is 10.3. The Morgan fingerprint density at radius 2 is 2.13 bits per heavy atom. The number of likely N-dealkylation sites (N-methyl/N-ethyl adjacent to an activating group) is 1. The first-order valence-corrected chi connectivity index (χ1v) is 8.29. The fraction of sp³-hybridized carbons (Fsp3) is 0.667. The zero-order valence-electron chi connectivity index (χ0n) is 14.8. The molecule has 1 aliphatic rings. The van der Waals surface area contributed by atoms with E-state index in [1.54, 1.807) is 7.11 Å². The van der Waals surface area contributed by atoms with Crippen molar-refractivity contribution in [3.8, 4) is 11.5 Å². The molecule has 5 nitrogen and oxygen atoms in total. The smallest absolute Gasteiger partial charge is 0.165 e. The van der Waals surface area contributed by atoms with Crippen molar-refractivity contribution in [3.63, 3.8) is 0 Å². The van der Waals surface area contributed by atoms with Gasteiger partial charge in [0.15, 0.2) is 11.5 Å². The molecule has 1 heterocycles. The van der Waals surface area contributed by atoms with E-state index in [1.165, 1.54) is 0 Å². The number of methoxy groups -OCH3 is 1. The van der Waals surface area contributed by atoms with Crippen LogP contribution in [0.5, 0.6) is 11.5 Å². The molecular formula is C18H30N2O3. The van der Waals surface area contributed by atoms with Crippen LogP contribution < -0.4 is 9.47 Å². The second-order valence-corrected chi connectivity index (χ2v) is 6.91. The minimum Gasteiger partial charge on any atom is -0.493 e. The summed E-state index contributed by atoms with van der Waals surface area (Å²) in [5.41, 5.74) is 0.518. The molecule has 0 amide bonds. The monoisotopic (exact) mass is 322 g/mol. The zero-order valence-corrected chi connectivity index (χ0v) is 14.8. The molecule has 1 aromatic rings. The van der Waals surface area contributed by atoms with Crippen LogP contribution in [0.3, 0.4) is 0 Å². The normalized spacial score (nSPS) is 22.3. The fourth-order valence-electron chi connectivity index (χ4n) is 3.04. The SMILES string of the molecule is COc1cccc(CN2CCCC(C)(O)C2)c1OCCN(C)C. The molecule has 2 rings (SSSR count). The number of nitrogens with zero attached hydrogens (tertiary/aromatic N) is 2. The standard InChI is InChI=1S/C18H30N2O3/c1-18(21)9-6-10-20(14-18)13-15-7-5-8-16(22-4)17(15)23-12-11-19(2)3/h5,7-8,21H,6,9-14H2,1-4H3. The fourth-order valence-corrected chi connectivity index (χ4v) is 3.04. The summed E-state index contributed by atoms with van der Waals surface area (Å²) in [7, 11) is 5.73. The average Bonchev–Trinajstić information content (AvgIpc) is 2.47. The predicted molar refractivity (Wildman–Crippen MR) is 92.2 cm³/mol. The molecule has 1 unspecified atom stereocenters. The van der Waals surface area contributed by atoms with E-state index in [2.05, 4.69) is 15.9 Å². The zero-order chi connectivity index (χ0) is 16.9. The second kappa shape index (κ2) is 7.99. The molecule has 1 atom stereocenters. The molecule has 0 radical (unpaired) electrons. The van der Waals surface area contributed by atoms with E-state index >= 15 is 0 Å². The maximum Gasteiger partial charge on any atom is 0.165 e. The quantitative estimate of drug-likeness (QED) is 0.832. The number of aliphatic hydroxyl groups is 1. The molecule has 1 N–H and O–H groups in total. The van der Waals surface area contributed by atoms with Gasteiger partial charge in [-0.2, -0.15) is 0 Å². The van der Waals surface area contributed by atoms with Crippen LogP contribution in [0.1, 0.15) is 25.3 Å². The lowest BCUT2D eigenvalue weighted by molar-refractivity contribution is -0.0183. The topological polar surface area (TPSA) is 45.2 Å². The molecule has 0 saturated carbocycles. The van der Waals surface area contributed by atoms with Gasteiger partial charge in [0.2, 0.25) is 0 Å². The molecule has 0 aromatic heterocycles. The lowest BCUT2D eigenvalue weighted by Crippen LogP contribution is -2.45. The summed E-state index contributed by atoms with van der Waals surface area (Å²) in [5, 5.41) is 10.3. The number of likely N-dealkylation sites (tertiary alicyclic amines) is 1. The van der Waals surface area contributed by atoms with Crippen LogP contribution in [0, 0.1) is 0 Å². The molecule has 1 aliphatic heterocycles. The highest BCUT2D eigenvalue weighted by Crippen LogP contribution is 2.33. The van der Waals surface area contributed by atoms with Crippen molar-refractivity contribution >= 4 is 0 Å². The van der Waals surface area contributed by atoms with E-state index < -0.39 is 5.60 Å². The van der Waals surface area contributed by atoms with Gasteiger partial charge in [0.05, 0.1) is 12.7 Å². The van der Waals surface area contributed by atoms with Crippen molar-refractivity contribution in [1.29, 1.82) is 0 Å². The highest BCUT2D eigenvalue weighted by molar-refractivity contribution is 5.46. The summed E-state index contributed by atoms with van der Waals surface area (Å²) in [4.78, 5) is 4.38. The Labute approximate surface area is 139 Å². The number of para-hydroxylation sites is 1. The van der Waals surface area contributed by atoms with Gasteiger partial charge in [-0.15, -0.1) is 0 Å². The van der Waals surface area contributed by atoms with E-state index in [1.807, 2.05) is 33.2 Å². The van der Waals surface area contributed by atoms with Crippen molar-refractivity contribution in [2.24, 2.45) is 0 Å². The number of ether oxygens (including phenoxy) is 2. The Hall–Kier alpha value is -1.30. The first-order chi connectivity index (χ1) is 10.9. The molecule has 1 aromatic carbocycles. The van der Waals surface area contributed by atoms with E-state index in [0.717, 1.165) is 49.5 Å². The Bertz CT molecular complexity index is 503. The number of hydrogen-bond donors (Lipinski definition) is 1. The summed E-state index contributed by atoms with van der Waals surface area (Å²) in [6, 6.07) is 6.01. The van der Waals surface area contributed by atoms with Crippen molar-refractivity contribution in [2.75, 3.05) is 47.4 Å². The third-order valence-electron chi connectivity index (χ3n) is 4.21. The summed E-state index contributed by atoms with van der Waals surface area (Å²) in [5.74, 6) is 1.59. The molecule has 1 fully saturated rings. The highest BCUT2D eigenvalue weighted by Gasteiger charge is 2.28. The molecule has 130 valence electrons. The minimum absolute atomic E-state index is 0.594. The van der Waals surface area contributed by atoms with E-state index in [0.29, 0.717) is 13.2 Å².